The van der Waals surface area contributed by atoms with Crippen LogP contribution in [0.4, 0.5) is 20.4 Å². The minimum absolute atomic E-state index is 0.0445. The predicted octanol–water partition coefficient (Wildman–Crippen LogP) is 3.04. The molecule has 4 aromatic rings. The molecule has 0 unspecified atom stereocenters. The lowest BCUT2D eigenvalue weighted by Crippen LogP contribution is -2.36. The summed E-state index contributed by atoms with van der Waals surface area (Å²) in [5.41, 5.74) is 1.50. The van der Waals surface area contributed by atoms with Crippen molar-refractivity contribution < 1.29 is 23.4 Å². The van der Waals surface area contributed by atoms with E-state index in [1.807, 2.05) is 4.90 Å². The van der Waals surface area contributed by atoms with Gasteiger partial charge in [0.1, 0.15) is 23.9 Å². The minimum Gasteiger partial charge on any atom is -0.475 e. The fourth-order valence-electron chi connectivity index (χ4n) is 3.87. The molecular weight excluding hydrogens is 458 g/mol. The normalized spacial score (nSPS) is 14.4. The van der Waals surface area contributed by atoms with Crippen molar-refractivity contribution >= 4 is 22.7 Å². The fourth-order valence-corrected chi connectivity index (χ4v) is 3.87. The molecule has 35 heavy (non-hydrogen) atoms. The van der Waals surface area contributed by atoms with Gasteiger partial charge in [-0.25, -0.2) is 18.7 Å². The first-order valence-corrected chi connectivity index (χ1v) is 11.2. The number of pyridine rings is 1. The largest absolute Gasteiger partial charge is 0.475 e. The number of morpholine rings is 1. The number of anilines is 2. The topological polar surface area (TPSA) is 97.6 Å². The smallest absolute Gasteiger partial charge is 0.229 e. The Hall–Kier alpha value is -3.67. The SMILES string of the molecule is OCCOc1ccc(Nc2ncc3ccn(-c4cc(F)c(CN5CCOCC5)c(F)c4)c3n2)cn1. The second kappa shape index (κ2) is 10.3. The lowest BCUT2D eigenvalue weighted by molar-refractivity contribution is 0.0332. The first kappa shape index (κ1) is 23.1. The fraction of sp³-hybridized carbons (Fsp3) is 0.292. The van der Waals surface area contributed by atoms with Crippen molar-refractivity contribution in [3.63, 3.8) is 0 Å². The van der Waals surface area contributed by atoms with Gasteiger partial charge in [0, 0.05) is 49.0 Å². The van der Waals surface area contributed by atoms with Gasteiger partial charge in [-0.2, -0.15) is 4.98 Å². The molecule has 11 heteroatoms. The van der Waals surface area contributed by atoms with Crippen LogP contribution in [-0.2, 0) is 11.3 Å². The molecule has 0 atom stereocenters. The second-order valence-electron chi connectivity index (χ2n) is 8.02. The summed E-state index contributed by atoms with van der Waals surface area (Å²) in [6.45, 7) is 2.66. The van der Waals surface area contributed by atoms with Crippen LogP contribution in [0.2, 0.25) is 0 Å². The van der Waals surface area contributed by atoms with Crippen LogP contribution in [0.1, 0.15) is 5.56 Å². The van der Waals surface area contributed by atoms with E-state index < -0.39 is 11.6 Å². The number of nitrogens with zero attached hydrogens (tertiary/aromatic N) is 5. The second-order valence-corrected chi connectivity index (χ2v) is 8.02. The number of rotatable bonds is 8. The number of aliphatic hydroxyl groups excluding tert-OH is 1. The van der Waals surface area contributed by atoms with Gasteiger partial charge in [0.15, 0.2) is 0 Å². The lowest BCUT2D eigenvalue weighted by atomic mass is 10.1. The maximum Gasteiger partial charge on any atom is 0.229 e. The van der Waals surface area contributed by atoms with E-state index in [4.69, 9.17) is 14.6 Å². The van der Waals surface area contributed by atoms with Gasteiger partial charge in [0.05, 0.1) is 37.4 Å². The van der Waals surface area contributed by atoms with E-state index in [-0.39, 0.29) is 25.3 Å². The minimum atomic E-state index is -0.602. The Kier molecular flexibility index (Phi) is 6.80. The first-order valence-electron chi connectivity index (χ1n) is 11.2. The molecule has 1 aliphatic heterocycles. The van der Waals surface area contributed by atoms with Crippen LogP contribution in [0, 0.1) is 11.6 Å². The van der Waals surface area contributed by atoms with Gasteiger partial charge in [-0.15, -0.1) is 0 Å². The van der Waals surface area contributed by atoms with Crippen molar-refractivity contribution in [2.24, 2.45) is 0 Å². The Morgan fingerprint density at radius 2 is 1.86 bits per heavy atom. The third-order valence-electron chi connectivity index (χ3n) is 5.65. The van der Waals surface area contributed by atoms with Crippen LogP contribution in [0.25, 0.3) is 16.7 Å². The Morgan fingerprint density at radius 1 is 1.06 bits per heavy atom. The summed E-state index contributed by atoms with van der Waals surface area (Å²) in [6, 6.07) is 7.82. The Balaban J connectivity index is 1.38. The highest BCUT2D eigenvalue weighted by atomic mass is 19.1. The van der Waals surface area contributed by atoms with Crippen LogP contribution in [0.15, 0.2) is 48.9 Å². The molecule has 5 rings (SSSR count). The van der Waals surface area contributed by atoms with Crippen molar-refractivity contribution in [3.05, 3.63) is 66.1 Å². The third kappa shape index (κ3) is 5.21. The molecule has 0 amide bonds. The van der Waals surface area contributed by atoms with E-state index in [0.29, 0.717) is 55.2 Å². The van der Waals surface area contributed by atoms with Crippen molar-refractivity contribution in [3.8, 4) is 11.6 Å². The predicted molar refractivity (Wildman–Crippen MR) is 125 cm³/mol. The molecule has 2 N–H and O–H groups in total. The number of benzene rings is 1. The number of nitrogens with one attached hydrogen (secondary N) is 1. The van der Waals surface area contributed by atoms with Crippen molar-refractivity contribution in [1.29, 1.82) is 0 Å². The molecule has 1 aromatic carbocycles. The molecule has 3 aromatic heterocycles. The van der Waals surface area contributed by atoms with Crippen LogP contribution >= 0.6 is 0 Å². The van der Waals surface area contributed by atoms with E-state index in [0.717, 1.165) is 5.39 Å². The van der Waals surface area contributed by atoms with E-state index in [9.17, 15) is 8.78 Å². The lowest BCUT2D eigenvalue weighted by Gasteiger charge is -2.27. The molecule has 0 bridgehead atoms. The molecule has 0 aliphatic carbocycles. The Bertz CT molecular complexity index is 1290. The van der Waals surface area contributed by atoms with Gasteiger partial charge in [-0.05, 0) is 24.3 Å². The van der Waals surface area contributed by atoms with E-state index in [2.05, 4.69) is 20.3 Å². The maximum atomic E-state index is 14.9. The maximum absolute atomic E-state index is 14.9. The van der Waals surface area contributed by atoms with Crippen LogP contribution in [-0.4, -0.2) is 69.0 Å². The first-order chi connectivity index (χ1) is 17.1. The Labute approximate surface area is 200 Å². The van der Waals surface area contributed by atoms with Crippen LogP contribution < -0.4 is 10.1 Å². The van der Waals surface area contributed by atoms with Gasteiger partial charge < -0.3 is 24.5 Å². The zero-order chi connectivity index (χ0) is 24.2. The molecular formula is C24H24F2N6O3. The molecule has 1 aliphatic rings. The van der Waals surface area contributed by atoms with Crippen LogP contribution in [0.5, 0.6) is 5.88 Å². The number of hydrogen-bond acceptors (Lipinski definition) is 8. The molecule has 1 saturated heterocycles. The monoisotopic (exact) mass is 482 g/mol. The number of aromatic nitrogens is 4. The molecule has 0 spiro atoms. The van der Waals surface area contributed by atoms with Gasteiger partial charge in [-0.1, -0.05) is 0 Å². The molecule has 1 fully saturated rings. The number of ether oxygens (including phenoxy) is 2. The zero-order valence-electron chi connectivity index (χ0n) is 18.8. The quantitative estimate of drug-likeness (QED) is 0.396. The average Bonchev–Trinajstić information content (AvgIpc) is 3.30. The highest BCUT2D eigenvalue weighted by molar-refractivity contribution is 5.78. The Morgan fingerprint density at radius 3 is 2.57 bits per heavy atom. The summed E-state index contributed by atoms with van der Waals surface area (Å²) in [6.07, 6.45) is 4.89. The van der Waals surface area contributed by atoms with E-state index in [1.165, 1.54) is 12.1 Å². The zero-order valence-corrected chi connectivity index (χ0v) is 18.8. The van der Waals surface area contributed by atoms with Crippen LogP contribution in [0.3, 0.4) is 0 Å². The number of hydrogen-bond donors (Lipinski definition) is 2. The summed E-state index contributed by atoms with van der Waals surface area (Å²) in [5.74, 6) is -0.519. The summed E-state index contributed by atoms with van der Waals surface area (Å²) < 4.78 is 42.1. The molecule has 182 valence electrons. The average molecular weight is 482 g/mol. The van der Waals surface area contributed by atoms with Gasteiger partial charge in [-0.3, -0.25) is 4.90 Å². The third-order valence-corrected chi connectivity index (χ3v) is 5.65. The van der Waals surface area contributed by atoms with Gasteiger partial charge >= 0.3 is 0 Å². The summed E-state index contributed by atoms with van der Waals surface area (Å²) >= 11 is 0. The van der Waals surface area contributed by atoms with Crippen molar-refractivity contribution in [1.82, 2.24) is 24.4 Å². The molecule has 4 heterocycles. The number of aliphatic hydroxyl groups is 1. The number of halogens is 2. The summed E-state index contributed by atoms with van der Waals surface area (Å²) in [7, 11) is 0. The molecule has 9 nitrogen and oxygen atoms in total. The van der Waals surface area contributed by atoms with Gasteiger partial charge in [0.25, 0.3) is 0 Å². The van der Waals surface area contributed by atoms with E-state index >= 15 is 0 Å². The van der Waals surface area contributed by atoms with Crippen molar-refractivity contribution in [2.45, 2.75) is 6.54 Å². The number of fused-ring (bicyclic) bond motifs is 1. The highest BCUT2D eigenvalue weighted by Crippen LogP contribution is 2.25. The van der Waals surface area contributed by atoms with Gasteiger partial charge in [0.2, 0.25) is 11.8 Å². The summed E-state index contributed by atoms with van der Waals surface area (Å²) in [5, 5.41) is 12.6. The van der Waals surface area contributed by atoms with Crippen molar-refractivity contribution in [2.75, 3.05) is 44.8 Å². The van der Waals surface area contributed by atoms with E-state index in [1.54, 1.807) is 41.4 Å². The standard InChI is InChI=1S/C24H24F2N6O3/c25-20-11-18(12-21(26)19(20)15-31-5-8-34-9-6-31)32-4-3-16-13-28-24(30-23(16)32)29-17-1-2-22(27-14-17)35-10-7-33/h1-4,11-14,33H,5-10,15H2,(H,28,29,30). The molecule has 0 radical (unpaired) electrons. The summed E-state index contributed by atoms with van der Waals surface area (Å²) in [4.78, 5) is 15.0. The highest BCUT2D eigenvalue weighted by Gasteiger charge is 2.18. The molecule has 0 saturated carbocycles.